The van der Waals surface area contributed by atoms with Crippen LogP contribution in [0.15, 0.2) is 53.4 Å². The molecule has 1 heterocycles. The van der Waals surface area contributed by atoms with Crippen LogP contribution in [0.4, 0.5) is 10.1 Å². The zero-order valence-corrected chi connectivity index (χ0v) is 22.2. The Labute approximate surface area is 218 Å². The third kappa shape index (κ3) is 8.62. The van der Waals surface area contributed by atoms with E-state index in [4.69, 9.17) is 0 Å². The molecule has 1 aliphatic rings. The molecule has 0 bridgehead atoms. The molecule has 2 aromatic rings. The molecule has 1 amide bonds. The number of nitrogens with one attached hydrogen (secondary N) is 3. The number of carbonyl (C=O) groups excluding carboxylic acids is 1. The van der Waals surface area contributed by atoms with Crippen molar-refractivity contribution in [2.24, 2.45) is 4.99 Å². The van der Waals surface area contributed by atoms with Crippen LogP contribution in [0.5, 0.6) is 0 Å². The molecule has 1 aromatic carbocycles. The summed E-state index contributed by atoms with van der Waals surface area (Å²) in [6, 6.07) is 9.93. The summed E-state index contributed by atoms with van der Waals surface area (Å²) in [7, 11) is 0. The molecule has 1 saturated carbocycles. The number of aromatic nitrogens is 1. The van der Waals surface area contributed by atoms with Crippen molar-refractivity contribution < 1.29 is 12.0 Å². The minimum atomic E-state index is -0.357. The van der Waals surface area contributed by atoms with Crippen molar-refractivity contribution in [1.82, 2.24) is 15.6 Å². The number of halogens is 1. The quantitative estimate of drug-likeness (QED) is 0.242. The van der Waals surface area contributed by atoms with Crippen LogP contribution in [0.2, 0.25) is 0 Å². The summed E-state index contributed by atoms with van der Waals surface area (Å²) in [5.41, 5.74) is 3.69. The van der Waals surface area contributed by atoms with Crippen LogP contribution in [0.25, 0.3) is 0 Å². The zero-order valence-electron chi connectivity index (χ0n) is 22.2. The van der Waals surface area contributed by atoms with Crippen molar-refractivity contribution >= 4 is 17.8 Å². The molecule has 1 aromatic heterocycles. The summed E-state index contributed by atoms with van der Waals surface area (Å²) in [6.45, 7) is 16.4. The first-order chi connectivity index (χ1) is 17.3. The van der Waals surface area contributed by atoms with Crippen molar-refractivity contribution in [2.45, 2.75) is 72.4 Å². The number of allylic oxidation sites excluding steroid dienone is 1. The SMILES string of the molecule is C=C(C)/C(=C\NCC)N=CC(C)N[C@@H](C)c1cc(NC(=O)c2c#cc(C3CC3)nc2)ccc1F.CC.[HH].[HH]. The maximum Gasteiger partial charge on any atom is 0.265 e. The molecule has 1 fully saturated rings. The largest absolute Gasteiger partial charge is 0.389 e. The van der Waals surface area contributed by atoms with Gasteiger partial charge in [-0.25, -0.2) is 4.39 Å². The first kappa shape index (κ1) is 28.7. The van der Waals surface area contributed by atoms with Gasteiger partial charge in [-0.05, 0) is 70.4 Å². The van der Waals surface area contributed by atoms with Crippen LogP contribution in [-0.2, 0) is 0 Å². The smallest absolute Gasteiger partial charge is 0.265 e. The number of amides is 1. The first-order valence-electron chi connectivity index (χ1n) is 12.6. The maximum atomic E-state index is 14.6. The highest BCUT2D eigenvalue weighted by atomic mass is 19.1. The highest BCUT2D eigenvalue weighted by Gasteiger charge is 2.25. The summed E-state index contributed by atoms with van der Waals surface area (Å²) in [5, 5.41) is 9.24. The number of hydrogen-bond donors (Lipinski definition) is 3. The van der Waals surface area contributed by atoms with E-state index in [9.17, 15) is 9.18 Å². The van der Waals surface area contributed by atoms with Gasteiger partial charge in [-0.15, -0.1) is 0 Å². The van der Waals surface area contributed by atoms with Gasteiger partial charge in [0.1, 0.15) is 11.4 Å². The van der Waals surface area contributed by atoms with Crippen molar-refractivity contribution in [2.75, 3.05) is 11.9 Å². The summed E-state index contributed by atoms with van der Waals surface area (Å²) in [6.07, 6.45) is 7.33. The molecule has 1 unspecified atom stereocenters. The maximum absolute atomic E-state index is 14.6. The lowest BCUT2D eigenvalue weighted by atomic mass is 10.1. The number of rotatable bonds is 11. The summed E-state index contributed by atoms with van der Waals surface area (Å²) in [5.74, 6) is -0.262. The van der Waals surface area contributed by atoms with Gasteiger partial charge in [-0.3, -0.25) is 14.8 Å². The van der Waals surface area contributed by atoms with Crippen LogP contribution in [0.3, 0.4) is 0 Å². The Morgan fingerprint density at radius 1 is 1.33 bits per heavy atom. The number of nitrogens with zero attached hydrogens (tertiary/aromatic N) is 2. The number of aliphatic imine (C=N–C) groups is 1. The number of carbonyl (C=O) groups is 1. The summed E-state index contributed by atoms with van der Waals surface area (Å²) >= 11 is 0. The highest BCUT2D eigenvalue weighted by Crippen LogP contribution is 2.37. The van der Waals surface area contributed by atoms with E-state index in [-0.39, 0.29) is 26.7 Å². The Hall–Kier alpha value is -3.50. The molecular weight excluding hydrogens is 453 g/mol. The molecule has 1 aliphatic carbocycles. The van der Waals surface area contributed by atoms with Gasteiger partial charge in [-0.2, -0.15) is 0 Å². The van der Waals surface area contributed by atoms with Crippen molar-refractivity contribution in [3.05, 3.63) is 83.2 Å². The Morgan fingerprint density at radius 3 is 2.64 bits per heavy atom. The van der Waals surface area contributed by atoms with Crippen molar-refractivity contribution in [1.29, 1.82) is 0 Å². The predicted molar refractivity (Wildman–Crippen MR) is 150 cm³/mol. The molecule has 196 valence electrons. The lowest BCUT2D eigenvalue weighted by Gasteiger charge is -2.19. The van der Waals surface area contributed by atoms with E-state index in [1.54, 1.807) is 12.3 Å². The van der Waals surface area contributed by atoms with E-state index in [0.29, 0.717) is 22.7 Å². The van der Waals surface area contributed by atoms with Crippen LogP contribution >= 0.6 is 0 Å². The van der Waals surface area contributed by atoms with Gasteiger partial charge >= 0.3 is 0 Å². The number of benzene rings is 1. The van der Waals surface area contributed by atoms with Gasteiger partial charge in [0.2, 0.25) is 0 Å². The lowest BCUT2D eigenvalue weighted by molar-refractivity contribution is 0.102. The average molecular weight is 496 g/mol. The number of hydrogen-bond acceptors (Lipinski definition) is 5. The minimum Gasteiger partial charge on any atom is -0.389 e. The van der Waals surface area contributed by atoms with Crippen LogP contribution in [-0.4, -0.2) is 29.7 Å². The average Bonchev–Trinajstić information content (AvgIpc) is 3.72. The third-order valence-corrected chi connectivity index (χ3v) is 5.42. The van der Waals surface area contributed by atoms with E-state index in [2.05, 4.69) is 44.6 Å². The second kappa shape index (κ2) is 14.2. The predicted octanol–water partition coefficient (Wildman–Crippen LogP) is 6.61. The van der Waals surface area contributed by atoms with Gasteiger partial charge in [0.05, 0.1) is 11.4 Å². The molecule has 0 radical (unpaired) electrons. The second-order valence-corrected chi connectivity index (χ2v) is 8.59. The molecular formula is C29H42FN5O. The van der Waals surface area contributed by atoms with Crippen molar-refractivity contribution in [3.8, 4) is 0 Å². The summed E-state index contributed by atoms with van der Waals surface area (Å²) in [4.78, 5) is 21.4. The van der Waals surface area contributed by atoms with Gasteiger partial charge < -0.3 is 16.0 Å². The normalized spacial score (nSPS) is 14.8. The van der Waals surface area contributed by atoms with E-state index >= 15 is 0 Å². The lowest BCUT2D eigenvalue weighted by Crippen LogP contribution is -2.30. The second-order valence-electron chi connectivity index (χ2n) is 8.59. The van der Waals surface area contributed by atoms with E-state index in [1.165, 1.54) is 18.3 Å². The van der Waals surface area contributed by atoms with Crippen LogP contribution < -0.4 is 16.0 Å². The minimum absolute atomic E-state index is 0. The fourth-order valence-electron chi connectivity index (χ4n) is 3.35. The molecule has 0 saturated heterocycles. The van der Waals surface area contributed by atoms with E-state index in [0.717, 1.165) is 36.4 Å². The molecule has 2 atom stereocenters. The van der Waals surface area contributed by atoms with E-state index < -0.39 is 0 Å². The highest BCUT2D eigenvalue weighted by molar-refractivity contribution is 6.03. The molecule has 3 N–H and O–H groups in total. The van der Waals surface area contributed by atoms with Gasteiger partial charge in [0.15, 0.2) is 0 Å². The molecule has 3 rings (SSSR count). The van der Waals surface area contributed by atoms with Crippen molar-refractivity contribution in [3.63, 3.8) is 0 Å². The number of anilines is 1. The molecule has 6 nitrogen and oxygen atoms in total. The van der Waals surface area contributed by atoms with Crippen LogP contribution in [0.1, 0.15) is 90.8 Å². The van der Waals surface area contributed by atoms with Gasteiger partial charge in [0.25, 0.3) is 5.91 Å². The molecule has 0 spiro atoms. The van der Waals surface area contributed by atoms with Crippen LogP contribution in [0, 0.1) is 17.9 Å². The molecule has 7 heteroatoms. The Bertz CT molecular complexity index is 1080. The van der Waals surface area contributed by atoms with E-state index in [1.807, 2.05) is 47.7 Å². The van der Waals surface area contributed by atoms with Gasteiger partial charge in [-0.1, -0.05) is 26.5 Å². The first-order valence-corrected chi connectivity index (χ1v) is 12.6. The Morgan fingerprint density at radius 2 is 2.06 bits per heavy atom. The Balaban J connectivity index is 0.00000334. The fourth-order valence-corrected chi connectivity index (χ4v) is 3.35. The molecule has 0 aliphatic heterocycles. The topological polar surface area (TPSA) is 78.4 Å². The third-order valence-electron chi connectivity index (χ3n) is 5.42. The monoisotopic (exact) mass is 495 g/mol. The van der Waals surface area contributed by atoms with Gasteiger partial charge in [0, 0.05) is 57.3 Å². The summed E-state index contributed by atoms with van der Waals surface area (Å²) < 4.78 is 14.6. The Kier molecular flexibility index (Phi) is 11.3. The fraction of sp³-hybridized carbons (Fsp3) is 0.414. The standard InChI is InChI=1S/C27H32FN5O.C2H6.2H2/c1-6-29-16-26(17(2)3)30-14-18(4)32-19(5)23-13-22(10-11-24(23)28)33-27(34)21-9-12-25(31-15-21)20-7-8-20;1-2;;/h10-11,13-16,18-20,29,32H,2,6-8H2,1,3-5H3,(H,33,34);1-2H3;2*1H/b26-16+,30-14?;;;/t18?,19-;;;/m0.../s1. The zero-order chi connectivity index (χ0) is 26.7. The molecule has 36 heavy (non-hydrogen) atoms.